The Morgan fingerprint density at radius 2 is 2.12 bits per heavy atom. The summed E-state index contributed by atoms with van der Waals surface area (Å²) < 4.78 is 41.4. The van der Waals surface area contributed by atoms with E-state index in [1.807, 2.05) is 0 Å². The first-order valence-electron chi connectivity index (χ1n) is 4.70. The topological polar surface area (TPSA) is 21.3 Å². The van der Waals surface area contributed by atoms with Gasteiger partial charge >= 0.3 is 5.51 Å². The third-order valence-corrected chi connectivity index (χ3v) is 3.20. The van der Waals surface area contributed by atoms with Crippen LogP contribution in [-0.2, 0) is 0 Å². The van der Waals surface area contributed by atoms with Crippen LogP contribution in [0.5, 0.6) is 5.75 Å². The van der Waals surface area contributed by atoms with Crippen LogP contribution in [0.25, 0.3) is 0 Å². The molecule has 1 N–H and O–H groups in total. The molecule has 1 aromatic rings. The van der Waals surface area contributed by atoms with Crippen molar-refractivity contribution in [2.24, 2.45) is 0 Å². The summed E-state index contributed by atoms with van der Waals surface area (Å²) in [5.74, 6) is 0.660. The fraction of sp³-hybridized carbons (Fsp3) is 0.400. The summed E-state index contributed by atoms with van der Waals surface area (Å²) >= 11 is 3.26. The number of thioether (sulfide) groups is 1. The Hall–Kier alpha value is -0.560. The Morgan fingerprint density at radius 3 is 2.65 bits per heavy atom. The molecule has 0 fully saturated rings. The molecule has 0 atom stereocenters. The Bertz CT molecular complexity index is 373. The number of methoxy groups -OCH3 is 1. The maximum atomic E-state index is 11.9. The molecule has 1 aromatic carbocycles. The maximum Gasteiger partial charge on any atom is 0.441 e. The van der Waals surface area contributed by atoms with E-state index < -0.39 is 5.51 Å². The van der Waals surface area contributed by atoms with E-state index in [9.17, 15) is 13.2 Å². The number of hydrogen-bond acceptors (Lipinski definition) is 3. The molecule has 0 aliphatic carbocycles. The molecule has 0 bridgehead atoms. The molecule has 0 amide bonds. The molecule has 7 heteroatoms. The SMILES string of the molecule is COc1ccc(NCCSC(F)(F)F)cc1Br. The Labute approximate surface area is 110 Å². The lowest BCUT2D eigenvalue weighted by Crippen LogP contribution is -2.09. The highest BCUT2D eigenvalue weighted by Gasteiger charge is 2.27. The van der Waals surface area contributed by atoms with Crippen LogP contribution >= 0.6 is 27.7 Å². The van der Waals surface area contributed by atoms with Crippen molar-refractivity contribution in [3.05, 3.63) is 22.7 Å². The highest BCUT2D eigenvalue weighted by Crippen LogP contribution is 2.30. The van der Waals surface area contributed by atoms with Crippen molar-refractivity contribution in [2.45, 2.75) is 5.51 Å². The number of benzene rings is 1. The Morgan fingerprint density at radius 1 is 1.41 bits per heavy atom. The number of ether oxygens (including phenoxy) is 1. The lowest BCUT2D eigenvalue weighted by molar-refractivity contribution is -0.0327. The van der Waals surface area contributed by atoms with Gasteiger partial charge in [0.15, 0.2) is 0 Å². The predicted molar refractivity (Wildman–Crippen MR) is 67.7 cm³/mol. The average Bonchev–Trinajstić information content (AvgIpc) is 2.23. The second kappa shape index (κ2) is 6.39. The average molecular weight is 330 g/mol. The van der Waals surface area contributed by atoms with Crippen LogP contribution in [0.2, 0.25) is 0 Å². The minimum Gasteiger partial charge on any atom is -0.496 e. The van der Waals surface area contributed by atoms with Gasteiger partial charge in [0.1, 0.15) is 5.75 Å². The summed E-state index contributed by atoms with van der Waals surface area (Å²) in [4.78, 5) is 0. The van der Waals surface area contributed by atoms with Crippen molar-refractivity contribution in [1.82, 2.24) is 0 Å². The molecule has 2 nitrogen and oxygen atoms in total. The van der Waals surface area contributed by atoms with Crippen LogP contribution < -0.4 is 10.1 Å². The van der Waals surface area contributed by atoms with Gasteiger partial charge in [-0.15, -0.1) is 0 Å². The third-order valence-electron chi connectivity index (χ3n) is 1.85. The molecule has 0 aliphatic heterocycles. The first-order chi connectivity index (χ1) is 7.92. The molecular weight excluding hydrogens is 319 g/mol. The zero-order valence-corrected chi connectivity index (χ0v) is 11.4. The summed E-state index contributed by atoms with van der Waals surface area (Å²) in [5, 5.41) is 2.90. The van der Waals surface area contributed by atoms with Gasteiger partial charge < -0.3 is 10.1 Å². The van der Waals surface area contributed by atoms with E-state index in [2.05, 4.69) is 21.2 Å². The van der Waals surface area contributed by atoms with Crippen LogP contribution in [0, 0.1) is 0 Å². The molecule has 17 heavy (non-hydrogen) atoms. The largest absolute Gasteiger partial charge is 0.496 e. The summed E-state index contributed by atoms with van der Waals surface area (Å²) in [6.07, 6.45) is 0. The minimum absolute atomic E-state index is 0.0207. The van der Waals surface area contributed by atoms with Gasteiger partial charge in [0.05, 0.1) is 11.6 Å². The molecule has 0 saturated carbocycles. The first kappa shape index (κ1) is 14.5. The van der Waals surface area contributed by atoms with Gasteiger partial charge in [-0.25, -0.2) is 0 Å². The summed E-state index contributed by atoms with van der Waals surface area (Å²) in [5.41, 5.74) is -3.41. The summed E-state index contributed by atoms with van der Waals surface area (Å²) in [6, 6.07) is 5.25. The van der Waals surface area contributed by atoms with Crippen molar-refractivity contribution in [3.8, 4) is 5.75 Å². The third kappa shape index (κ3) is 5.54. The van der Waals surface area contributed by atoms with Crippen molar-refractivity contribution in [3.63, 3.8) is 0 Å². The number of alkyl halides is 3. The van der Waals surface area contributed by atoms with Crippen molar-refractivity contribution in [2.75, 3.05) is 24.7 Å². The molecule has 0 saturated heterocycles. The lowest BCUT2D eigenvalue weighted by atomic mass is 10.3. The summed E-state index contributed by atoms with van der Waals surface area (Å²) in [7, 11) is 1.55. The molecule has 1 rings (SSSR count). The fourth-order valence-electron chi connectivity index (χ4n) is 1.14. The van der Waals surface area contributed by atoms with E-state index in [1.165, 1.54) is 0 Å². The number of nitrogens with one attached hydrogen (secondary N) is 1. The number of hydrogen-bond donors (Lipinski definition) is 1. The van der Waals surface area contributed by atoms with E-state index in [4.69, 9.17) is 4.74 Å². The van der Waals surface area contributed by atoms with Gasteiger partial charge in [-0.2, -0.15) is 13.2 Å². The Kier molecular flexibility index (Phi) is 5.45. The van der Waals surface area contributed by atoms with Crippen molar-refractivity contribution in [1.29, 1.82) is 0 Å². The van der Waals surface area contributed by atoms with Gasteiger partial charge in [0.25, 0.3) is 0 Å². The summed E-state index contributed by atoms with van der Waals surface area (Å²) in [6.45, 7) is 0.253. The van der Waals surface area contributed by atoms with Gasteiger partial charge in [-0.3, -0.25) is 0 Å². The van der Waals surface area contributed by atoms with Crippen molar-refractivity contribution >= 4 is 33.4 Å². The van der Waals surface area contributed by atoms with E-state index in [1.54, 1.807) is 25.3 Å². The molecule has 96 valence electrons. The molecule has 0 radical (unpaired) electrons. The molecule has 0 aliphatic rings. The molecular formula is C10H11BrF3NOS. The fourth-order valence-corrected chi connectivity index (χ4v) is 2.11. The Balaban J connectivity index is 2.40. The van der Waals surface area contributed by atoms with Crippen LogP contribution in [0.1, 0.15) is 0 Å². The zero-order valence-electron chi connectivity index (χ0n) is 8.97. The maximum absolute atomic E-state index is 11.9. The molecule has 0 spiro atoms. The highest BCUT2D eigenvalue weighted by molar-refractivity contribution is 9.10. The minimum atomic E-state index is -4.16. The normalized spacial score (nSPS) is 11.4. The molecule has 0 aromatic heterocycles. The zero-order chi connectivity index (χ0) is 12.9. The predicted octanol–water partition coefficient (Wildman–Crippen LogP) is 4.12. The first-order valence-corrected chi connectivity index (χ1v) is 6.48. The van der Waals surface area contributed by atoms with Crippen LogP contribution in [-0.4, -0.2) is 24.9 Å². The van der Waals surface area contributed by atoms with Crippen LogP contribution in [0.15, 0.2) is 22.7 Å². The van der Waals surface area contributed by atoms with Crippen LogP contribution in [0.3, 0.4) is 0 Å². The van der Waals surface area contributed by atoms with Gasteiger partial charge in [-0.1, -0.05) is 0 Å². The van der Waals surface area contributed by atoms with E-state index in [0.29, 0.717) is 5.75 Å². The quantitative estimate of drug-likeness (QED) is 0.821. The van der Waals surface area contributed by atoms with Gasteiger partial charge in [0.2, 0.25) is 0 Å². The number of halogens is 4. The number of anilines is 1. The highest BCUT2D eigenvalue weighted by atomic mass is 79.9. The number of rotatable bonds is 5. The van der Waals surface area contributed by atoms with Crippen molar-refractivity contribution < 1.29 is 17.9 Å². The second-order valence-electron chi connectivity index (χ2n) is 3.07. The van der Waals surface area contributed by atoms with Gasteiger partial charge in [0, 0.05) is 18.0 Å². The van der Waals surface area contributed by atoms with Crippen LogP contribution in [0.4, 0.5) is 18.9 Å². The monoisotopic (exact) mass is 329 g/mol. The van der Waals surface area contributed by atoms with E-state index in [0.717, 1.165) is 10.2 Å². The smallest absolute Gasteiger partial charge is 0.441 e. The standard InChI is InChI=1S/C10H11BrF3NOS/c1-16-9-3-2-7(6-8(9)11)15-4-5-17-10(12,13)14/h2-3,6,15H,4-5H2,1H3. The molecule has 0 heterocycles. The lowest BCUT2D eigenvalue weighted by Gasteiger charge is -2.09. The van der Waals surface area contributed by atoms with Gasteiger partial charge in [-0.05, 0) is 45.9 Å². The van der Waals surface area contributed by atoms with E-state index in [-0.39, 0.29) is 24.1 Å². The second-order valence-corrected chi connectivity index (χ2v) is 5.08. The van der Waals surface area contributed by atoms with E-state index >= 15 is 0 Å². The molecule has 0 unspecified atom stereocenters.